The standard InChI is InChI=1S/C18H22N4O2/c1-11(23)22-15-7-3-2-6-13(15)21-14-10-20-18(24)16(14)17(22)12-5-4-8-19-9-12/h4-5,8-9,13,15,17,21H,2-3,6-7,10H2,1H3,(H,20,24)/t13-,15-,17-/m1/s1. The van der Waals surface area contributed by atoms with Gasteiger partial charge in [-0.15, -0.1) is 0 Å². The van der Waals surface area contributed by atoms with E-state index in [1.54, 1.807) is 19.3 Å². The second-order valence-electron chi connectivity index (χ2n) is 6.79. The predicted octanol–water partition coefficient (Wildman–Crippen LogP) is 1.27. The minimum atomic E-state index is -0.366. The highest BCUT2D eigenvalue weighted by Gasteiger charge is 2.45. The largest absolute Gasteiger partial charge is 0.382 e. The van der Waals surface area contributed by atoms with Crippen molar-refractivity contribution in [2.45, 2.75) is 50.7 Å². The number of aromatic nitrogens is 1. The third kappa shape index (κ3) is 2.37. The van der Waals surface area contributed by atoms with Crippen LogP contribution in [-0.4, -0.2) is 40.3 Å². The van der Waals surface area contributed by atoms with Gasteiger partial charge in [0.05, 0.1) is 24.2 Å². The number of fused-ring (bicyclic) bond motifs is 1. The Hall–Kier alpha value is -2.37. The van der Waals surface area contributed by atoms with Gasteiger partial charge in [-0.1, -0.05) is 18.9 Å². The summed E-state index contributed by atoms with van der Waals surface area (Å²) in [5.41, 5.74) is 2.51. The Labute approximate surface area is 141 Å². The number of amides is 2. The first-order valence-electron chi connectivity index (χ1n) is 8.63. The van der Waals surface area contributed by atoms with Crippen molar-refractivity contribution in [3.05, 3.63) is 41.4 Å². The zero-order chi connectivity index (χ0) is 16.7. The van der Waals surface area contributed by atoms with Gasteiger partial charge < -0.3 is 15.5 Å². The van der Waals surface area contributed by atoms with E-state index in [0.717, 1.165) is 36.9 Å². The summed E-state index contributed by atoms with van der Waals surface area (Å²) in [6, 6.07) is 3.76. The summed E-state index contributed by atoms with van der Waals surface area (Å²) in [6.07, 6.45) is 7.74. The molecule has 2 N–H and O–H groups in total. The average Bonchev–Trinajstić information content (AvgIpc) is 2.87. The first-order valence-corrected chi connectivity index (χ1v) is 8.63. The molecule has 6 heteroatoms. The van der Waals surface area contributed by atoms with E-state index < -0.39 is 0 Å². The number of hydrogen-bond donors (Lipinski definition) is 2. The van der Waals surface area contributed by atoms with Crippen LogP contribution in [0.2, 0.25) is 0 Å². The molecule has 126 valence electrons. The monoisotopic (exact) mass is 326 g/mol. The van der Waals surface area contributed by atoms with Gasteiger partial charge >= 0.3 is 0 Å². The number of nitrogens with one attached hydrogen (secondary N) is 2. The molecule has 0 radical (unpaired) electrons. The summed E-state index contributed by atoms with van der Waals surface area (Å²) in [4.78, 5) is 31.3. The van der Waals surface area contributed by atoms with Gasteiger partial charge in [0, 0.05) is 31.1 Å². The fourth-order valence-corrected chi connectivity index (χ4v) is 4.36. The van der Waals surface area contributed by atoms with E-state index in [4.69, 9.17) is 0 Å². The molecule has 0 saturated heterocycles. The van der Waals surface area contributed by atoms with Gasteiger partial charge in [0.2, 0.25) is 5.91 Å². The highest BCUT2D eigenvalue weighted by atomic mass is 16.2. The molecule has 24 heavy (non-hydrogen) atoms. The maximum absolute atomic E-state index is 12.6. The first kappa shape index (κ1) is 15.2. The molecule has 0 bridgehead atoms. The van der Waals surface area contributed by atoms with Crippen molar-refractivity contribution >= 4 is 11.8 Å². The van der Waals surface area contributed by atoms with E-state index in [0.29, 0.717) is 12.1 Å². The van der Waals surface area contributed by atoms with Crippen LogP contribution >= 0.6 is 0 Å². The van der Waals surface area contributed by atoms with E-state index in [2.05, 4.69) is 15.6 Å². The van der Waals surface area contributed by atoms with Crippen LogP contribution in [0.15, 0.2) is 35.8 Å². The number of rotatable bonds is 1. The van der Waals surface area contributed by atoms with Crippen LogP contribution < -0.4 is 10.6 Å². The molecule has 4 rings (SSSR count). The van der Waals surface area contributed by atoms with Crippen LogP contribution in [0.4, 0.5) is 0 Å². The summed E-state index contributed by atoms with van der Waals surface area (Å²) < 4.78 is 0. The smallest absolute Gasteiger partial charge is 0.251 e. The fraction of sp³-hybridized carbons (Fsp3) is 0.500. The van der Waals surface area contributed by atoms with Gasteiger partial charge in [-0.25, -0.2) is 0 Å². The Morgan fingerprint density at radius 2 is 2.17 bits per heavy atom. The molecule has 1 aromatic heterocycles. The third-order valence-electron chi connectivity index (χ3n) is 5.36. The lowest BCUT2D eigenvalue weighted by atomic mass is 9.87. The maximum atomic E-state index is 12.6. The molecule has 3 heterocycles. The van der Waals surface area contributed by atoms with Crippen molar-refractivity contribution in [1.29, 1.82) is 0 Å². The molecule has 3 aliphatic rings. The first-order chi connectivity index (χ1) is 11.7. The molecule has 1 fully saturated rings. The number of carbonyl (C=O) groups excluding carboxylic acids is 2. The van der Waals surface area contributed by atoms with Crippen LogP contribution in [0.5, 0.6) is 0 Å². The Bertz CT molecular complexity index is 700. The average molecular weight is 326 g/mol. The van der Waals surface area contributed by atoms with Crippen LogP contribution in [0.1, 0.15) is 44.2 Å². The number of hydrogen-bond acceptors (Lipinski definition) is 4. The minimum absolute atomic E-state index is 0.0102. The van der Waals surface area contributed by atoms with Gasteiger partial charge in [0.15, 0.2) is 0 Å². The van der Waals surface area contributed by atoms with E-state index in [-0.39, 0.29) is 29.9 Å². The Balaban J connectivity index is 1.88. The third-order valence-corrected chi connectivity index (χ3v) is 5.36. The highest BCUT2D eigenvalue weighted by molar-refractivity contribution is 5.99. The van der Waals surface area contributed by atoms with Crippen molar-refractivity contribution in [2.24, 2.45) is 0 Å². The van der Waals surface area contributed by atoms with Crippen LogP contribution in [0.3, 0.4) is 0 Å². The van der Waals surface area contributed by atoms with Crippen molar-refractivity contribution < 1.29 is 9.59 Å². The Kier molecular flexibility index (Phi) is 3.75. The van der Waals surface area contributed by atoms with E-state index in [9.17, 15) is 9.59 Å². The molecule has 0 unspecified atom stereocenters. The molecule has 1 aromatic rings. The van der Waals surface area contributed by atoms with Gasteiger partial charge in [-0.2, -0.15) is 0 Å². The fourth-order valence-electron chi connectivity index (χ4n) is 4.36. The number of nitrogens with zero attached hydrogens (tertiary/aromatic N) is 2. The van der Waals surface area contributed by atoms with Gasteiger partial charge in [0.25, 0.3) is 5.91 Å². The molecular formula is C18H22N4O2. The maximum Gasteiger partial charge on any atom is 0.251 e. The summed E-state index contributed by atoms with van der Waals surface area (Å²) in [6.45, 7) is 2.12. The Morgan fingerprint density at radius 3 is 2.92 bits per heavy atom. The number of carbonyl (C=O) groups is 2. The van der Waals surface area contributed by atoms with Crippen LogP contribution in [0.25, 0.3) is 0 Å². The highest BCUT2D eigenvalue weighted by Crippen LogP contribution is 2.39. The molecule has 2 amide bonds. The second kappa shape index (κ2) is 5.92. The lowest BCUT2D eigenvalue weighted by molar-refractivity contribution is -0.134. The summed E-state index contributed by atoms with van der Waals surface area (Å²) >= 11 is 0. The lowest BCUT2D eigenvalue weighted by Gasteiger charge is -2.42. The van der Waals surface area contributed by atoms with Gasteiger partial charge in [-0.3, -0.25) is 14.6 Å². The quantitative estimate of drug-likeness (QED) is 0.815. The summed E-state index contributed by atoms with van der Waals surface area (Å²) in [7, 11) is 0. The van der Waals surface area contributed by atoms with Crippen molar-refractivity contribution in [3.63, 3.8) is 0 Å². The zero-order valence-corrected chi connectivity index (χ0v) is 13.8. The van der Waals surface area contributed by atoms with E-state index in [1.807, 2.05) is 17.0 Å². The molecule has 3 atom stereocenters. The SMILES string of the molecule is CC(=O)N1[C@@H]2CCCC[C@H]2NC2=C(C(=O)NC2)[C@H]1c1cccnc1. The topological polar surface area (TPSA) is 74.3 Å². The second-order valence-corrected chi connectivity index (χ2v) is 6.79. The minimum Gasteiger partial charge on any atom is -0.382 e. The van der Waals surface area contributed by atoms with Gasteiger partial charge in [0.1, 0.15) is 0 Å². The van der Waals surface area contributed by atoms with E-state index in [1.165, 1.54) is 0 Å². The molecule has 1 saturated carbocycles. The number of pyridine rings is 1. The molecule has 1 aliphatic carbocycles. The lowest BCUT2D eigenvalue weighted by Crippen LogP contribution is -2.53. The van der Waals surface area contributed by atoms with Crippen molar-refractivity contribution in [2.75, 3.05) is 6.54 Å². The van der Waals surface area contributed by atoms with Crippen molar-refractivity contribution in [1.82, 2.24) is 20.5 Å². The van der Waals surface area contributed by atoms with Gasteiger partial charge in [-0.05, 0) is 24.5 Å². The van der Waals surface area contributed by atoms with Crippen LogP contribution in [-0.2, 0) is 9.59 Å². The molecule has 2 aliphatic heterocycles. The normalized spacial score (nSPS) is 29.3. The molecule has 6 nitrogen and oxygen atoms in total. The Morgan fingerprint density at radius 1 is 1.33 bits per heavy atom. The molecule has 0 aromatic carbocycles. The molecular weight excluding hydrogens is 304 g/mol. The van der Waals surface area contributed by atoms with Crippen molar-refractivity contribution in [3.8, 4) is 0 Å². The zero-order valence-electron chi connectivity index (χ0n) is 13.8. The molecule has 0 spiro atoms. The predicted molar refractivity (Wildman–Crippen MR) is 88.7 cm³/mol. The summed E-state index contributed by atoms with van der Waals surface area (Å²) in [5.74, 6) is -0.0766. The van der Waals surface area contributed by atoms with Crippen LogP contribution in [0, 0.1) is 0 Å². The van der Waals surface area contributed by atoms with E-state index >= 15 is 0 Å². The summed E-state index contributed by atoms with van der Waals surface area (Å²) in [5, 5.41) is 6.49.